The molecule has 0 radical (unpaired) electrons. The van der Waals surface area contributed by atoms with Crippen molar-refractivity contribution in [3.05, 3.63) is 71.7 Å². The van der Waals surface area contributed by atoms with E-state index in [9.17, 15) is 14.7 Å². The van der Waals surface area contributed by atoms with Gasteiger partial charge in [-0.3, -0.25) is 9.48 Å². The van der Waals surface area contributed by atoms with Crippen molar-refractivity contribution in [2.24, 2.45) is 7.05 Å². The van der Waals surface area contributed by atoms with E-state index >= 15 is 0 Å². The molecular weight excluding hydrogens is 550 g/mol. The third-order valence-electron chi connectivity index (χ3n) is 8.51. The van der Waals surface area contributed by atoms with Crippen molar-refractivity contribution in [2.75, 3.05) is 32.8 Å². The van der Waals surface area contributed by atoms with Crippen LogP contribution < -0.4 is 10.1 Å². The maximum absolute atomic E-state index is 12.9. The SMILES string of the molecule is Cc1cc(OC[C@H](C)c2ccccc2)cn2nc(C(O)CN3CC4(CCN(C(=O)Cc5ncnn5C)CC4)NC3=O)nc12. The average Bonchev–Trinajstić information content (AvgIpc) is 3.70. The van der Waals surface area contributed by atoms with Crippen molar-refractivity contribution in [1.82, 2.24) is 44.5 Å². The minimum Gasteiger partial charge on any atom is -0.491 e. The van der Waals surface area contributed by atoms with Gasteiger partial charge in [-0.15, -0.1) is 5.10 Å². The van der Waals surface area contributed by atoms with Crippen LogP contribution in [0.2, 0.25) is 0 Å². The number of ether oxygens (including phenoxy) is 1. The van der Waals surface area contributed by atoms with Crippen LogP contribution in [0.25, 0.3) is 5.65 Å². The molecule has 1 aromatic carbocycles. The van der Waals surface area contributed by atoms with Crippen LogP contribution in [-0.4, -0.2) is 94.5 Å². The molecule has 4 aromatic rings. The lowest BCUT2D eigenvalue weighted by Crippen LogP contribution is -2.54. The Morgan fingerprint density at radius 2 is 1.98 bits per heavy atom. The number of aryl methyl sites for hydroxylation is 2. The summed E-state index contributed by atoms with van der Waals surface area (Å²) in [6, 6.07) is 11.9. The lowest BCUT2D eigenvalue weighted by Gasteiger charge is -2.38. The lowest BCUT2D eigenvalue weighted by molar-refractivity contribution is -0.132. The predicted molar refractivity (Wildman–Crippen MR) is 156 cm³/mol. The van der Waals surface area contributed by atoms with Gasteiger partial charge in [-0.1, -0.05) is 37.3 Å². The Hall–Kier alpha value is -4.52. The van der Waals surface area contributed by atoms with Crippen LogP contribution in [-0.2, 0) is 18.3 Å². The summed E-state index contributed by atoms with van der Waals surface area (Å²) >= 11 is 0. The van der Waals surface area contributed by atoms with Crippen molar-refractivity contribution in [2.45, 2.75) is 50.7 Å². The van der Waals surface area contributed by atoms with Crippen LogP contribution in [0.4, 0.5) is 4.79 Å². The topological polar surface area (TPSA) is 143 Å². The van der Waals surface area contributed by atoms with Crippen LogP contribution in [0.15, 0.2) is 48.9 Å². The molecule has 0 saturated carbocycles. The molecule has 3 amide bonds. The van der Waals surface area contributed by atoms with E-state index in [0.29, 0.717) is 56.3 Å². The number of nitrogens with one attached hydrogen (secondary N) is 1. The number of aliphatic hydroxyl groups excluding tert-OH is 1. The number of β-amino-alcohol motifs (C(OH)–C–C–N with tert-alkyl or cyclic N) is 1. The number of urea groups is 1. The summed E-state index contributed by atoms with van der Waals surface area (Å²) in [7, 11) is 1.77. The smallest absolute Gasteiger partial charge is 0.318 e. The molecule has 2 aliphatic rings. The van der Waals surface area contributed by atoms with E-state index < -0.39 is 11.6 Å². The van der Waals surface area contributed by atoms with Crippen LogP contribution in [0.3, 0.4) is 0 Å². The minimum absolute atomic E-state index is 0.00460. The Kier molecular flexibility index (Phi) is 7.74. The third kappa shape index (κ3) is 6.03. The molecule has 2 aliphatic heterocycles. The fourth-order valence-corrected chi connectivity index (χ4v) is 5.87. The van der Waals surface area contributed by atoms with Gasteiger partial charge < -0.3 is 25.0 Å². The van der Waals surface area contributed by atoms with Gasteiger partial charge in [-0.05, 0) is 37.0 Å². The molecule has 226 valence electrons. The molecule has 13 nitrogen and oxygen atoms in total. The van der Waals surface area contributed by atoms with E-state index in [-0.39, 0.29) is 36.6 Å². The zero-order chi connectivity index (χ0) is 30.1. The number of amides is 3. The van der Waals surface area contributed by atoms with Gasteiger partial charge in [0, 0.05) is 32.6 Å². The Morgan fingerprint density at radius 1 is 1.21 bits per heavy atom. The highest BCUT2D eigenvalue weighted by molar-refractivity contribution is 5.79. The van der Waals surface area contributed by atoms with Gasteiger partial charge >= 0.3 is 6.03 Å². The maximum atomic E-state index is 12.9. The van der Waals surface area contributed by atoms with Crippen molar-refractivity contribution < 1.29 is 19.4 Å². The molecule has 2 saturated heterocycles. The normalized spacial score (nSPS) is 17.8. The van der Waals surface area contributed by atoms with Gasteiger partial charge in [-0.2, -0.15) is 5.10 Å². The number of piperidine rings is 1. The number of fused-ring (bicyclic) bond motifs is 1. The molecular formula is C30H37N9O4. The summed E-state index contributed by atoms with van der Waals surface area (Å²) in [5, 5.41) is 22.7. The zero-order valence-electron chi connectivity index (χ0n) is 24.7. The number of likely N-dealkylation sites (tertiary alicyclic amines) is 1. The molecule has 6 rings (SSSR count). The number of carbonyl (C=O) groups is 2. The summed E-state index contributed by atoms with van der Waals surface area (Å²) in [6.45, 7) is 6.14. The van der Waals surface area contributed by atoms with Crippen LogP contribution in [0, 0.1) is 6.92 Å². The largest absolute Gasteiger partial charge is 0.491 e. The number of rotatable bonds is 9. The highest BCUT2D eigenvalue weighted by Crippen LogP contribution is 2.30. The molecule has 2 atom stereocenters. The maximum Gasteiger partial charge on any atom is 0.318 e. The summed E-state index contributed by atoms with van der Waals surface area (Å²) in [4.78, 5) is 37.8. The highest BCUT2D eigenvalue weighted by Gasteiger charge is 2.45. The molecule has 3 aromatic heterocycles. The fourth-order valence-electron chi connectivity index (χ4n) is 5.87. The first-order chi connectivity index (χ1) is 20.7. The third-order valence-corrected chi connectivity index (χ3v) is 8.51. The Morgan fingerprint density at radius 3 is 2.70 bits per heavy atom. The van der Waals surface area contributed by atoms with Crippen LogP contribution in [0.1, 0.15) is 54.6 Å². The van der Waals surface area contributed by atoms with Crippen molar-refractivity contribution in [3.8, 4) is 5.75 Å². The molecule has 2 N–H and O–H groups in total. The fraction of sp³-hybridized carbons (Fsp3) is 0.467. The standard InChI is InChI=1S/C30H37N9O4/c1-20-13-23(43-17-21(2)22-7-5-4-6-8-22)15-39-28(20)33-27(35-39)24(40)16-38-18-30(34-29(38)42)9-11-37(12-10-30)26(41)14-25-31-19-32-36(25)3/h4-8,13,15,19,21,24,40H,9-12,14,16-18H2,1-3H3,(H,34,42)/t21-,24?/m0/s1. The van der Waals surface area contributed by atoms with Crippen molar-refractivity contribution >= 4 is 17.6 Å². The molecule has 1 unspecified atom stereocenters. The molecule has 43 heavy (non-hydrogen) atoms. The first-order valence-corrected chi connectivity index (χ1v) is 14.6. The summed E-state index contributed by atoms with van der Waals surface area (Å²) in [5.41, 5.74) is 2.26. The second kappa shape index (κ2) is 11.6. The second-order valence-electron chi connectivity index (χ2n) is 11.7. The van der Waals surface area contributed by atoms with Crippen LogP contribution in [0.5, 0.6) is 5.75 Å². The van der Waals surface area contributed by atoms with Gasteiger partial charge in [0.25, 0.3) is 0 Å². The van der Waals surface area contributed by atoms with Gasteiger partial charge in [0.15, 0.2) is 11.5 Å². The van der Waals surface area contributed by atoms with E-state index in [4.69, 9.17) is 4.74 Å². The van der Waals surface area contributed by atoms with Gasteiger partial charge in [0.1, 0.15) is 24.0 Å². The predicted octanol–water partition coefficient (Wildman–Crippen LogP) is 2.01. The van der Waals surface area contributed by atoms with Crippen molar-refractivity contribution in [3.63, 3.8) is 0 Å². The number of hydrogen-bond donors (Lipinski definition) is 2. The minimum atomic E-state index is -1.06. The van der Waals surface area contributed by atoms with Gasteiger partial charge in [0.05, 0.1) is 31.3 Å². The van der Waals surface area contributed by atoms with Gasteiger partial charge in [0.2, 0.25) is 5.91 Å². The molecule has 13 heteroatoms. The first kappa shape index (κ1) is 28.6. The quantitative estimate of drug-likeness (QED) is 0.303. The zero-order valence-corrected chi connectivity index (χ0v) is 24.7. The number of aliphatic hydroxyl groups is 1. The Balaban J connectivity index is 1.05. The number of hydrogen-bond acceptors (Lipinski definition) is 8. The molecule has 2 fully saturated rings. The first-order valence-electron chi connectivity index (χ1n) is 14.6. The number of pyridine rings is 1. The number of carbonyl (C=O) groups excluding carboxylic acids is 2. The monoisotopic (exact) mass is 587 g/mol. The number of nitrogens with zero attached hydrogens (tertiary/aromatic N) is 8. The van der Waals surface area contributed by atoms with E-state index in [1.165, 1.54) is 11.9 Å². The van der Waals surface area contributed by atoms with E-state index in [1.54, 1.807) is 27.3 Å². The summed E-state index contributed by atoms with van der Waals surface area (Å²) < 4.78 is 9.30. The van der Waals surface area contributed by atoms with E-state index in [0.717, 1.165) is 5.56 Å². The van der Waals surface area contributed by atoms with Crippen LogP contribution >= 0.6 is 0 Å². The van der Waals surface area contributed by atoms with Gasteiger partial charge in [-0.25, -0.2) is 19.3 Å². The number of aromatic nitrogens is 6. The summed E-state index contributed by atoms with van der Waals surface area (Å²) in [5.74, 6) is 1.75. The van der Waals surface area contributed by atoms with E-state index in [2.05, 4.69) is 44.5 Å². The summed E-state index contributed by atoms with van der Waals surface area (Å²) in [6.07, 6.45) is 3.60. The molecule has 5 heterocycles. The molecule has 1 spiro atoms. The van der Waals surface area contributed by atoms with E-state index in [1.807, 2.05) is 36.1 Å². The number of benzene rings is 1. The molecule has 0 bridgehead atoms. The average molecular weight is 588 g/mol. The molecule has 0 aliphatic carbocycles. The highest BCUT2D eigenvalue weighted by atomic mass is 16.5. The second-order valence-corrected chi connectivity index (χ2v) is 11.7. The van der Waals surface area contributed by atoms with Crippen molar-refractivity contribution in [1.29, 1.82) is 0 Å². The Bertz CT molecular complexity index is 1610. The Labute approximate surface area is 249 Å². The lowest BCUT2D eigenvalue weighted by atomic mass is 9.88.